The van der Waals surface area contributed by atoms with Crippen LogP contribution in [0.5, 0.6) is 0 Å². The highest BCUT2D eigenvalue weighted by Crippen LogP contribution is 2.16. The Balaban J connectivity index is 3.58. The number of allylic oxidation sites excluding steroid dienone is 7. The van der Waals surface area contributed by atoms with Crippen LogP contribution in [0.15, 0.2) is 48.6 Å². The number of nitrogens with one attached hydrogen (secondary N) is 1. The smallest absolute Gasteiger partial charge is 0.220 e. The van der Waals surface area contributed by atoms with E-state index in [1.807, 2.05) is 6.08 Å². The lowest BCUT2D eigenvalue weighted by molar-refractivity contribution is -0.123. The van der Waals surface area contributed by atoms with Crippen LogP contribution < -0.4 is 5.32 Å². The summed E-state index contributed by atoms with van der Waals surface area (Å²) in [6.07, 6.45) is 69.7. The molecule has 0 aliphatic carbocycles. The lowest BCUT2D eigenvalue weighted by Crippen LogP contribution is -2.45. The van der Waals surface area contributed by atoms with E-state index < -0.39 is 12.1 Å². The van der Waals surface area contributed by atoms with Gasteiger partial charge >= 0.3 is 0 Å². The van der Waals surface area contributed by atoms with E-state index in [-0.39, 0.29) is 12.5 Å². The second-order valence-electron chi connectivity index (χ2n) is 17.9. The van der Waals surface area contributed by atoms with Crippen molar-refractivity contribution in [3.63, 3.8) is 0 Å². The molecule has 0 saturated heterocycles. The Labute approximate surface area is 369 Å². The van der Waals surface area contributed by atoms with Gasteiger partial charge in [0.2, 0.25) is 5.91 Å². The zero-order chi connectivity index (χ0) is 42.8. The summed E-state index contributed by atoms with van der Waals surface area (Å²) in [5, 5.41) is 23.1. The molecule has 0 aromatic heterocycles. The first kappa shape index (κ1) is 57.3. The van der Waals surface area contributed by atoms with Gasteiger partial charge in [-0.15, -0.1) is 0 Å². The molecule has 0 aliphatic heterocycles. The highest BCUT2D eigenvalue weighted by Gasteiger charge is 2.17. The monoisotopic (exact) mass is 826 g/mol. The first-order valence-corrected chi connectivity index (χ1v) is 26.4. The van der Waals surface area contributed by atoms with E-state index in [9.17, 15) is 15.0 Å². The Bertz CT molecular complexity index is 939. The lowest BCUT2D eigenvalue weighted by atomic mass is 10.0. The number of amides is 1. The van der Waals surface area contributed by atoms with Crippen LogP contribution in [0.4, 0.5) is 0 Å². The molecule has 0 bridgehead atoms. The van der Waals surface area contributed by atoms with Crippen LogP contribution >= 0.6 is 0 Å². The average molecular weight is 826 g/mol. The van der Waals surface area contributed by atoms with Crippen molar-refractivity contribution in [1.29, 1.82) is 0 Å². The molecule has 346 valence electrons. The van der Waals surface area contributed by atoms with E-state index in [1.165, 1.54) is 218 Å². The van der Waals surface area contributed by atoms with Gasteiger partial charge in [-0.3, -0.25) is 4.79 Å². The van der Waals surface area contributed by atoms with Gasteiger partial charge in [-0.25, -0.2) is 0 Å². The maximum absolute atomic E-state index is 12.4. The number of hydrogen-bond donors (Lipinski definition) is 3. The van der Waals surface area contributed by atoms with E-state index in [4.69, 9.17) is 0 Å². The molecule has 0 aliphatic rings. The molecule has 0 aromatic rings. The van der Waals surface area contributed by atoms with Crippen LogP contribution in [0.3, 0.4) is 0 Å². The van der Waals surface area contributed by atoms with Crippen molar-refractivity contribution in [1.82, 2.24) is 5.32 Å². The molecule has 0 fully saturated rings. The van der Waals surface area contributed by atoms with Crippen molar-refractivity contribution in [3.05, 3.63) is 48.6 Å². The largest absolute Gasteiger partial charge is 0.394 e. The second-order valence-corrected chi connectivity index (χ2v) is 17.9. The van der Waals surface area contributed by atoms with Crippen molar-refractivity contribution in [2.45, 2.75) is 289 Å². The zero-order valence-electron chi connectivity index (χ0n) is 39.8. The summed E-state index contributed by atoms with van der Waals surface area (Å²) in [4.78, 5) is 12.4. The number of aliphatic hydroxyl groups excluding tert-OH is 2. The molecule has 0 aromatic carbocycles. The van der Waals surface area contributed by atoms with Gasteiger partial charge in [0.05, 0.1) is 18.8 Å². The van der Waals surface area contributed by atoms with E-state index in [1.54, 1.807) is 6.08 Å². The summed E-state index contributed by atoms with van der Waals surface area (Å²) in [7, 11) is 0. The molecule has 0 saturated carbocycles. The topological polar surface area (TPSA) is 69.6 Å². The van der Waals surface area contributed by atoms with Crippen molar-refractivity contribution in [2.75, 3.05) is 6.61 Å². The van der Waals surface area contributed by atoms with Gasteiger partial charge in [0.25, 0.3) is 0 Å². The highest BCUT2D eigenvalue weighted by atomic mass is 16.3. The third kappa shape index (κ3) is 47.3. The van der Waals surface area contributed by atoms with Crippen molar-refractivity contribution >= 4 is 5.91 Å². The van der Waals surface area contributed by atoms with Gasteiger partial charge in [0.15, 0.2) is 0 Å². The maximum atomic E-state index is 12.4. The van der Waals surface area contributed by atoms with Crippen LogP contribution in [0.25, 0.3) is 0 Å². The number of rotatable bonds is 48. The third-order valence-electron chi connectivity index (χ3n) is 12.0. The van der Waals surface area contributed by atoms with Gasteiger partial charge in [0.1, 0.15) is 0 Å². The number of unbranched alkanes of at least 4 members (excludes halogenated alkanes) is 35. The van der Waals surface area contributed by atoms with Gasteiger partial charge < -0.3 is 15.5 Å². The van der Waals surface area contributed by atoms with Crippen LogP contribution in [-0.4, -0.2) is 34.9 Å². The quantitative estimate of drug-likeness (QED) is 0.0423. The van der Waals surface area contributed by atoms with E-state index in [0.717, 1.165) is 38.5 Å². The van der Waals surface area contributed by atoms with Gasteiger partial charge in [-0.2, -0.15) is 0 Å². The minimum absolute atomic E-state index is 0.0790. The molecular formula is C55H103NO3. The molecule has 59 heavy (non-hydrogen) atoms. The zero-order valence-corrected chi connectivity index (χ0v) is 39.8. The molecule has 0 radical (unpaired) electrons. The molecule has 0 heterocycles. The van der Waals surface area contributed by atoms with Crippen molar-refractivity contribution in [2.24, 2.45) is 0 Å². The van der Waals surface area contributed by atoms with Crippen molar-refractivity contribution in [3.8, 4) is 0 Å². The van der Waals surface area contributed by atoms with E-state index in [0.29, 0.717) is 6.42 Å². The maximum Gasteiger partial charge on any atom is 0.220 e. The standard InChI is InChI=1S/C55H103NO3/c1-3-5-7-9-11-13-15-17-19-21-23-25-27-29-31-33-35-37-39-41-43-45-47-49-51-55(59)56-53(52-57)54(58)50-48-46-44-42-40-38-36-34-32-30-28-26-24-22-20-18-16-14-12-10-8-6-4-2/h29,31-32,34,40,42,48,50,53-54,57-58H,3-28,30,33,35-39,41,43-47,49,51-52H2,1-2H3,(H,56,59)/b31-29-,34-32+,42-40+,50-48+. The number of aliphatic hydroxyl groups is 2. The molecule has 4 heteroatoms. The van der Waals surface area contributed by atoms with Crippen molar-refractivity contribution < 1.29 is 15.0 Å². The second kappa shape index (κ2) is 50.7. The van der Waals surface area contributed by atoms with E-state index >= 15 is 0 Å². The van der Waals surface area contributed by atoms with Crippen LogP contribution in [0.1, 0.15) is 277 Å². The fraction of sp³-hybridized carbons (Fsp3) is 0.836. The summed E-state index contributed by atoms with van der Waals surface area (Å²) in [5.74, 6) is -0.0790. The minimum Gasteiger partial charge on any atom is -0.394 e. The Hall–Kier alpha value is -1.65. The summed E-state index contributed by atoms with van der Waals surface area (Å²) >= 11 is 0. The first-order chi connectivity index (χ1) is 29.2. The predicted octanol–water partition coefficient (Wildman–Crippen LogP) is 17.1. The fourth-order valence-electron chi connectivity index (χ4n) is 7.97. The summed E-state index contributed by atoms with van der Waals surface area (Å²) in [6.45, 7) is 4.32. The van der Waals surface area contributed by atoms with Crippen LogP contribution in [0, 0.1) is 0 Å². The summed E-state index contributed by atoms with van der Waals surface area (Å²) in [5.41, 5.74) is 0. The average Bonchev–Trinajstić information content (AvgIpc) is 3.24. The number of hydrogen-bond acceptors (Lipinski definition) is 3. The Morgan fingerprint density at radius 1 is 0.390 bits per heavy atom. The molecule has 4 nitrogen and oxygen atoms in total. The van der Waals surface area contributed by atoms with Crippen LogP contribution in [0.2, 0.25) is 0 Å². The summed E-state index contributed by atoms with van der Waals surface area (Å²) in [6, 6.07) is -0.648. The minimum atomic E-state index is -0.873. The Morgan fingerprint density at radius 3 is 0.983 bits per heavy atom. The molecule has 2 atom stereocenters. The molecular weight excluding hydrogens is 723 g/mol. The third-order valence-corrected chi connectivity index (χ3v) is 12.0. The predicted molar refractivity (Wildman–Crippen MR) is 262 cm³/mol. The molecule has 0 rings (SSSR count). The summed E-state index contributed by atoms with van der Waals surface area (Å²) < 4.78 is 0. The normalized spacial score (nSPS) is 13.2. The van der Waals surface area contributed by atoms with Crippen LogP contribution in [-0.2, 0) is 4.79 Å². The molecule has 1 amide bonds. The van der Waals surface area contributed by atoms with E-state index in [2.05, 4.69) is 55.6 Å². The fourth-order valence-corrected chi connectivity index (χ4v) is 7.97. The van der Waals surface area contributed by atoms with Gasteiger partial charge in [-0.05, 0) is 70.6 Å². The highest BCUT2D eigenvalue weighted by molar-refractivity contribution is 5.76. The first-order valence-electron chi connectivity index (χ1n) is 26.4. The van der Waals surface area contributed by atoms with Gasteiger partial charge in [-0.1, -0.05) is 249 Å². The molecule has 2 unspecified atom stereocenters. The number of carbonyl (C=O) groups is 1. The Kier molecular flexibility index (Phi) is 49.3. The van der Waals surface area contributed by atoms with Gasteiger partial charge in [0, 0.05) is 6.42 Å². The molecule has 0 spiro atoms. The molecule has 3 N–H and O–H groups in total. The lowest BCUT2D eigenvalue weighted by Gasteiger charge is -2.19. The number of carbonyl (C=O) groups excluding carboxylic acids is 1. The SMILES string of the molecule is CCCCCCCCCCCCCC/C=C\CCCCCCCCCCC(=O)NC(CO)C(O)/C=C/CC/C=C/CC/C=C/CCCCCCCCCCCCCCC. The Morgan fingerprint density at radius 2 is 0.661 bits per heavy atom.